The largest absolute Gasteiger partial charge is 0.351 e. The van der Waals surface area contributed by atoms with Crippen LogP contribution in [0.2, 0.25) is 5.02 Å². The zero-order valence-corrected chi connectivity index (χ0v) is 16.0. The lowest BCUT2D eigenvalue weighted by molar-refractivity contribution is -0.116. The molecule has 0 saturated carbocycles. The molecule has 1 heterocycles. The molecule has 2 N–H and O–H groups in total. The van der Waals surface area contributed by atoms with Crippen molar-refractivity contribution in [3.05, 3.63) is 69.8 Å². The van der Waals surface area contributed by atoms with E-state index >= 15 is 0 Å². The molecule has 3 rings (SSSR count). The van der Waals surface area contributed by atoms with Crippen LogP contribution in [0.4, 0.5) is 5.69 Å². The molecule has 0 fully saturated rings. The van der Waals surface area contributed by atoms with Crippen LogP contribution in [0.25, 0.3) is 10.9 Å². The van der Waals surface area contributed by atoms with Crippen LogP contribution < -0.4 is 10.6 Å². The van der Waals surface area contributed by atoms with Crippen LogP contribution >= 0.6 is 27.5 Å². The zero-order valence-electron chi connectivity index (χ0n) is 13.6. The molecular formula is C19H15BrClN3O2. The number of benzene rings is 2. The van der Waals surface area contributed by atoms with Gasteiger partial charge in [-0.25, -0.2) is 0 Å². The van der Waals surface area contributed by atoms with Crippen molar-refractivity contribution in [3.8, 4) is 0 Å². The number of halogens is 2. The van der Waals surface area contributed by atoms with Gasteiger partial charge in [0.2, 0.25) is 5.91 Å². The van der Waals surface area contributed by atoms with Crippen molar-refractivity contribution in [1.82, 2.24) is 10.3 Å². The summed E-state index contributed by atoms with van der Waals surface area (Å²) in [6, 6.07) is 14.2. The first-order valence-corrected chi connectivity index (χ1v) is 9.08. The predicted octanol–water partition coefficient (Wildman–Crippen LogP) is 4.41. The standard InChI is InChI=1S/C19H15BrClN3O2/c20-13-3-5-15(6-4-13)24-17(25)7-9-23-19(26)16-11-14(21)10-12-2-1-8-22-18(12)16/h1-6,8,10-11H,7,9H2,(H,23,26)(H,24,25). The fourth-order valence-corrected chi connectivity index (χ4v) is 2.96. The van der Waals surface area contributed by atoms with E-state index in [2.05, 4.69) is 31.5 Å². The summed E-state index contributed by atoms with van der Waals surface area (Å²) in [5, 5.41) is 6.77. The Bertz CT molecular complexity index is 961. The Kier molecular flexibility index (Phi) is 5.85. The van der Waals surface area contributed by atoms with E-state index in [1.165, 1.54) is 0 Å². The number of nitrogens with one attached hydrogen (secondary N) is 2. The maximum atomic E-state index is 12.4. The molecule has 1 aromatic heterocycles. The smallest absolute Gasteiger partial charge is 0.253 e. The lowest BCUT2D eigenvalue weighted by Gasteiger charge is -2.09. The van der Waals surface area contributed by atoms with Gasteiger partial charge in [-0.05, 0) is 42.5 Å². The summed E-state index contributed by atoms with van der Waals surface area (Å²) in [7, 11) is 0. The van der Waals surface area contributed by atoms with E-state index < -0.39 is 0 Å². The third kappa shape index (κ3) is 4.59. The SMILES string of the molecule is O=C(CCNC(=O)c1cc(Cl)cc2cccnc12)Nc1ccc(Br)cc1. The van der Waals surface area contributed by atoms with Crippen LogP contribution in [0.1, 0.15) is 16.8 Å². The molecule has 2 amide bonds. The van der Waals surface area contributed by atoms with Crippen molar-refractivity contribution < 1.29 is 9.59 Å². The van der Waals surface area contributed by atoms with Crippen LogP contribution in [0.3, 0.4) is 0 Å². The topological polar surface area (TPSA) is 71.1 Å². The van der Waals surface area contributed by atoms with Crippen LogP contribution in [0, 0.1) is 0 Å². The first-order chi connectivity index (χ1) is 12.5. The minimum Gasteiger partial charge on any atom is -0.351 e. The fourth-order valence-electron chi connectivity index (χ4n) is 2.47. The van der Waals surface area contributed by atoms with Gasteiger partial charge in [-0.1, -0.05) is 33.6 Å². The second kappa shape index (κ2) is 8.29. The molecule has 5 nitrogen and oxygen atoms in total. The van der Waals surface area contributed by atoms with Gasteiger partial charge in [0.1, 0.15) is 0 Å². The number of hydrogen-bond donors (Lipinski definition) is 2. The third-order valence-electron chi connectivity index (χ3n) is 3.68. The van der Waals surface area contributed by atoms with Crippen molar-refractivity contribution in [1.29, 1.82) is 0 Å². The summed E-state index contributed by atoms with van der Waals surface area (Å²) in [4.78, 5) is 28.7. The lowest BCUT2D eigenvalue weighted by Crippen LogP contribution is -2.28. The van der Waals surface area contributed by atoms with Crippen molar-refractivity contribution in [2.24, 2.45) is 0 Å². The Hall–Kier alpha value is -2.44. The van der Waals surface area contributed by atoms with Gasteiger partial charge in [0.05, 0.1) is 11.1 Å². The molecule has 132 valence electrons. The molecule has 0 saturated heterocycles. The highest BCUT2D eigenvalue weighted by Gasteiger charge is 2.13. The van der Waals surface area contributed by atoms with E-state index in [1.54, 1.807) is 36.5 Å². The molecule has 0 unspecified atom stereocenters. The van der Waals surface area contributed by atoms with E-state index in [-0.39, 0.29) is 24.8 Å². The molecular weight excluding hydrogens is 418 g/mol. The van der Waals surface area contributed by atoms with Crippen molar-refractivity contribution >= 4 is 55.9 Å². The molecule has 0 spiro atoms. The van der Waals surface area contributed by atoms with Gasteiger partial charge in [0.25, 0.3) is 5.91 Å². The summed E-state index contributed by atoms with van der Waals surface area (Å²) < 4.78 is 0.935. The van der Waals surface area contributed by atoms with E-state index in [0.717, 1.165) is 9.86 Å². The second-order valence-corrected chi connectivity index (χ2v) is 6.94. The maximum absolute atomic E-state index is 12.4. The molecule has 0 bridgehead atoms. The van der Waals surface area contributed by atoms with E-state index in [4.69, 9.17) is 11.6 Å². The molecule has 0 aliphatic heterocycles. The summed E-state index contributed by atoms with van der Waals surface area (Å²) in [6.07, 6.45) is 1.78. The number of anilines is 1. The molecule has 0 radical (unpaired) electrons. The quantitative estimate of drug-likeness (QED) is 0.627. The number of carbonyl (C=O) groups is 2. The molecule has 0 atom stereocenters. The van der Waals surface area contributed by atoms with Crippen LogP contribution in [0.5, 0.6) is 0 Å². The predicted molar refractivity (Wildman–Crippen MR) is 106 cm³/mol. The summed E-state index contributed by atoms with van der Waals surface area (Å²) in [6.45, 7) is 0.210. The van der Waals surface area contributed by atoms with Crippen LogP contribution in [0.15, 0.2) is 59.2 Å². The van der Waals surface area contributed by atoms with Crippen LogP contribution in [-0.4, -0.2) is 23.3 Å². The van der Waals surface area contributed by atoms with Gasteiger partial charge in [0.15, 0.2) is 0 Å². The van der Waals surface area contributed by atoms with Crippen molar-refractivity contribution in [2.75, 3.05) is 11.9 Å². The first-order valence-electron chi connectivity index (χ1n) is 7.91. The number of rotatable bonds is 5. The summed E-state index contributed by atoms with van der Waals surface area (Å²) >= 11 is 9.42. The third-order valence-corrected chi connectivity index (χ3v) is 4.43. The number of fused-ring (bicyclic) bond motifs is 1. The van der Waals surface area contributed by atoms with Crippen molar-refractivity contribution in [3.63, 3.8) is 0 Å². The normalized spacial score (nSPS) is 10.5. The van der Waals surface area contributed by atoms with Gasteiger partial charge < -0.3 is 10.6 Å². The zero-order chi connectivity index (χ0) is 18.5. The molecule has 3 aromatic rings. The first kappa shape index (κ1) is 18.4. The number of hydrogen-bond acceptors (Lipinski definition) is 3. The Morgan fingerprint density at radius 1 is 1.12 bits per heavy atom. The minimum absolute atomic E-state index is 0.160. The summed E-state index contributed by atoms with van der Waals surface area (Å²) in [5.74, 6) is -0.491. The number of nitrogens with zero attached hydrogens (tertiary/aromatic N) is 1. The highest BCUT2D eigenvalue weighted by molar-refractivity contribution is 9.10. The van der Waals surface area contributed by atoms with Gasteiger partial charge >= 0.3 is 0 Å². The Morgan fingerprint density at radius 2 is 1.88 bits per heavy atom. The number of pyridine rings is 1. The molecule has 26 heavy (non-hydrogen) atoms. The number of aromatic nitrogens is 1. The number of carbonyl (C=O) groups excluding carboxylic acids is 2. The highest BCUT2D eigenvalue weighted by Crippen LogP contribution is 2.22. The maximum Gasteiger partial charge on any atom is 0.253 e. The van der Waals surface area contributed by atoms with E-state index in [1.807, 2.05) is 18.2 Å². The highest BCUT2D eigenvalue weighted by atomic mass is 79.9. The molecule has 7 heteroatoms. The van der Waals surface area contributed by atoms with E-state index in [9.17, 15) is 9.59 Å². The number of amides is 2. The van der Waals surface area contributed by atoms with Crippen LogP contribution in [-0.2, 0) is 4.79 Å². The van der Waals surface area contributed by atoms with Gasteiger partial charge in [0, 0.05) is 39.7 Å². The average molecular weight is 433 g/mol. The monoisotopic (exact) mass is 431 g/mol. The summed E-state index contributed by atoms with van der Waals surface area (Å²) in [5.41, 5.74) is 1.67. The average Bonchev–Trinajstić information content (AvgIpc) is 2.62. The van der Waals surface area contributed by atoms with Gasteiger partial charge in [-0.15, -0.1) is 0 Å². The lowest BCUT2D eigenvalue weighted by atomic mass is 10.1. The Labute approximate surface area is 163 Å². The Morgan fingerprint density at radius 3 is 2.65 bits per heavy atom. The minimum atomic E-state index is -0.312. The molecule has 0 aliphatic rings. The van der Waals surface area contributed by atoms with Gasteiger partial charge in [-0.2, -0.15) is 0 Å². The Balaban J connectivity index is 1.59. The second-order valence-electron chi connectivity index (χ2n) is 5.59. The fraction of sp³-hybridized carbons (Fsp3) is 0.105. The van der Waals surface area contributed by atoms with Gasteiger partial charge in [-0.3, -0.25) is 14.6 Å². The van der Waals surface area contributed by atoms with E-state index in [0.29, 0.717) is 21.8 Å². The molecule has 2 aromatic carbocycles. The van der Waals surface area contributed by atoms with Crippen molar-refractivity contribution in [2.45, 2.75) is 6.42 Å². The molecule has 0 aliphatic carbocycles.